The number of hydrogen-bond acceptors (Lipinski definition) is 5. The van der Waals surface area contributed by atoms with Gasteiger partial charge in [-0.2, -0.15) is 0 Å². The summed E-state index contributed by atoms with van der Waals surface area (Å²) >= 11 is 0. The summed E-state index contributed by atoms with van der Waals surface area (Å²) < 4.78 is 4.99. The fraction of sp³-hybridized carbons (Fsp3) is 0.368. The minimum atomic E-state index is -0.116. The molecule has 0 saturated carbocycles. The van der Waals surface area contributed by atoms with Crippen LogP contribution in [0.25, 0.3) is 0 Å². The van der Waals surface area contributed by atoms with Gasteiger partial charge < -0.3 is 20.3 Å². The standard InChI is InChI=1S/C19H24N4O2/c1-25-13-11-22-19(24)16-8-5-9-21-18(16)23-12-10-20-17(14-23)15-6-3-2-4-7-15/h2-9,17,20H,10-14H2,1H3,(H,22,24)/t17-/m0/s1. The Morgan fingerprint density at radius 1 is 1.32 bits per heavy atom. The zero-order valence-corrected chi connectivity index (χ0v) is 14.4. The van der Waals surface area contributed by atoms with E-state index >= 15 is 0 Å². The highest BCUT2D eigenvalue weighted by Gasteiger charge is 2.24. The molecule has 3 rings (SSSR count). The molecule has 1 aromatic carbocycles. The first-order valence-electron chi connectivity index (χ1n) is 8.55. The van der Waals surface area contributed by atoms with E-state index in [9.17, 15) is 4.79 Å². The Kier molecular flexibility index (Phi) is 5.98. The van der Waals surface area contributed by atoms with Crippen LogP contribution in [0.3, 0.4) is 0 Å². The van der Waals surface area contributed by atoms with Crippen LogP contribution in [0.15, 0.2) is 48.7 Å². The number of ether oxygens (including phenoxy) is 1. The van der Waals surface area contributed by atoms with Crippen LogP contribution in [0.5, 0.6) is 0 Å². The molecule has 1 saturated heterocycles. The van der Waals surface area contributed by atoms with Crippen molar-refractivity contribution in [3.05, 3.63) is 59.8 Å². The van der Waals surface area contributed by atoms with Crippen LogP contribution in [0.2, 0.25) is 0 Å². The Labute approximate surface area is 148 Å². The zero-order chi connectivity index (χ0) is 17.5. The second kappa shape index (κ2) is 8.60. The minimum absolute atomic E-state index is 0.116. The van der Waals surface area contributed by atoms with E-state index in [1.165, 1.54) is 5.56 Å². The van der Waals surface area contributed by atoms with E-state index in [0.29, 0.717) is 18.7 Å². The molecule has 2 aromatic rings. The average molecular weight is 340 g/mol. The number of carbonyl (C=O) groups is 1. The number of anilines is 1. The van der Waals surface area contributed by atoms with Gasteiger partial charge in [0.05, 0.1) is 12.2 Å². The first-order valence-corrected chi connectivity index (χ1v) is 8.55. The van der Waals surface area contributed by atoms with Crippen LogP contribution >= 0.6 is 0 Å². The summed E-state index contributed by atoms with van der Waals surface area (Å²) in [5.74, 6) is 0.620. The van der Waals surface area contributed by atoms with E-state index in [4.69, 9.17) is 4.74 Å². The Balaban J connectivity index is 1.76. The van der Waals surface area contributed by atoms with E-state index in [1.807, 2.05) is 24.3 Å². The maximum Gasteiger partial charge on any atom is 0.255 e. The highest BCUT2D eigenvalue weighted by Crippen LogP contribution is 2.23. The van der Waals surface area contributed by atoms with Crippen molar-refractivity contribution in [2.24, 2.45) is 0 Å². The third-order valence-electron chi connectivity index (χ3n) is 4.30. The third-order valence-corrected chi connectivity index (χ3v) is 4.30. The molecule has 1 amide bonds. The van der Waals surface area contributed by atoms with Crippen LogP contribution in [-0.4, -0.2) is 50.8 Å². The Morgan fingerprint density at radius 3 is 2.96 bits per heavy atom. The van der Waals surface area contributed by atoms with E-state index in [-0.39, 0.29) is 11.9 Å². The van der Waals surface area contributed by atoms with E-state index in [2.05, 4.69) is 32.7 Å². The van der Waals surface area contributed by atoms with Crippen molar-refractivity contribution < 1.29 is 9.53 Å². The summed E-state index contributed by atoms with van der Waals surface area (Å²) in [4.78, 5) is 19.2. The minimum Gasteiger partial charge on any atom is -0.383 e. The first kappa shape index (κ1) is 17.4. The number of benzene rings is 1. The normalized spacial score (nSPS) is 17.3. The van der Waals surface area contributed by atoms with Crippen LogP contribution in [0, 0.1) is 0 Å². The van der Waals surface area contributed by atoms with E-state index in [1.54, 1.807) is 19.4 Å². The quantitative estimate of drug-likeness (QED) is 0.782. The van der Waals surface area contributed by atoms with Gasteiger partial charge in [0, 0.05) is 45.5 Å². The SMILES string of the molecule is COCCNC(=O)c1cccnc1N1CCN[C@H](c2ccccc2)C1. The summed E-state index contributed by atoms with van der Waals surface area (Å²) in [6.07, 6.45) is 1.74. The largest absolute Gasteiger partial charge is 0.383 e. The molecule has 0 aliphatic carbocycles. The summed E-state index contributed by atoms with van der Waals surface area (Å²) in [5, 5.41) is 6.42. The molecule has 132 valence electrons. The van der Waals surface area contributed by atoms with Gasteiger partial charge in [-0.25, -0.2) is 4.98 Å². The molecule has 1 aromatic heterocycles. The highest BCUT2D eigenvalue weighted by atomic mass is 16.5. The van der Waals surface area contributed by atoms with Gasteiger partial charge >= 0.3 is 0 Å². The van der Waals surface area contributed by atoms with Crippen LogP contribution in [0.4, 0.5) is 5.82 Å². The number of amides is 1. The van der Waals surface area contributed by atoms with Gasteiger partial charge in [0.25, 0.3) is 5.91 Å². The summed E-state index contributed by atoms with van der Waals surface area (Å²) in [5.41, 5.74) is 1.85. The summed E-state index contributed by atoms with van der Waals surface area (Å²) in [7, 11) is 1.62. The Hall–Kier alpha value is -2.44. The number of nitrogens with zero attached hydrogens (tertiary/aromatic N) is 2. The van der Waals surface area contributed by atoms with Crippen LogP contribution in [-0.2, 0) is 4.74 Å². The Bertz CT molecular complexity index is 693. The molecule has 0 bridgehead atoms. The smallest absolute Gasteiger partial charge is 0.255 e. The fourth-order valence-electron chi connectivity index (χ4n) is 3.04. The number of hydrogen-bond donors (Lipinski definition) is 2. The van der Waals surface area contributed by atoms with Gasteiger partial charge in [-0.1, -0.05) is 30.3 Å². The van der Waals surface area contributed by atoms with E-state index < -0.39 is 0 Å². The number of carbonyl (C=O) groups excluding carboxylic acids is 1. The van der Waals surface area contributed by atoms with Crippen molar-refractivity contribution in [3.63, 3.8) is 0 Å². The predicted molar refractivity (Wildman–Crippen MR) is 97.8 cm³/mol. The molecule has 25 heavy (non-hydrogen) atoms. The molecule has 6 heteroatoms. The van der Waals surface area contributed by atoms with Crippen molar-refractivity contribution in [3.8, 4) is 0 Å². The van der Waals surface area contributed by atoms with Crippen molar-refractivity contribution in [1.29, 1.82) is 0 Å². The molecule has 1 fully saturated rings. The second-order valence-electron chi connectivity index (χ2n) is 5.99. The lowest BCUT2D eigenvalue weighted by molar-refractivity contribution is 0.0937. The van der Waals surface area contributed by atoms with Crippen molar-refractivity contribution in [1.82, 2.24) is 15.6 Å². The lowest BCUT2D eigenvalue weighted by Crippen LogP contribution is -2.47. The lowest BCUT2D eigenvalue weighted by atomic mass is 10.0. The van der Waals surface area contributed by atoms with Crippen molar-refractivity contribution in [2.45, 2.75) is 6.04 Å². The first-order chi connectivity index (χ1) is 12.3. The molecule has 0 unspecified atom stereocenters. The summed E-state index contributed by atoms with van der Waals surface area (Å²) in [6, 6.07) is 14.2. The van der Waals surface area contributed by atoms with Gasteiger partial charge in [0.15, 0.2) is 0 Å². The number of rotatable bonds is 6. The molecular formula is C19H24N4O2. The number of piperazine rings is 1. The van der Waals surface area contributed by atoms with Gasteiger partial charge in [-0.05, 0) is 17.7 Å². The zero-order valence-electron chi connectivity index (χ0n) is 14.4. The molecule has 2 heterocycles. The number of pyridine rings is 1. The van der Waals surface area contributed by atoms with Gasteiger partial charge in [-0.3, -0.25) is 4.79 Å². The molecule has 1 aliphatic heterocycles. The molecule has 1 atom stereocenters. The lowest BCUT2D eigenvalue weighted by Gasteiger charge is -2.35. The monoisotopic (exact) mass is 340 g/mol. The fourth-order valence-corrected chi connectivity index (χ4v) is 3.04. The molecule has 0 radical (unpaired) electrons. The predicted octanol–water partition coefficient (Wildman–Crippen LogP) is 1.61. The summed E-state index contributed by atoms with van der Waals surface area (Å²) in [6.45, 7) is 3.42. The maximum absolute atomic E-state index is 12.5. The van der Waals surface area contributed by atoms with Gasteiger partial charge in [0.1, 0.15) is 5.82 Å². The molecule has 6 nitrogen and oxygen atoms in total. The van der Waals surface area contributed by atoms with Crippen molar-refractivity contribution in [2.75, 3.05) is 44.8 Å². The van der Waals surface area contributed by atoms with Crippen LogP contribution in [0.1, 0.15) is 22.0 Å². The highest BCUT2D eigenvalue weighted by molar-refractivity contribution is 5.98. The number of nitrogens with one attached hydrogen (secondary N) is 2. The molecule has 2 N–H and O–H groups in total. The maximum atomic E-state index is 12.5. The number of methoxy groups -OCH3 is 1. The Morgan fingerprint density at radius 2 is 2.16 bits per heavy atom. The molecule has 0 spiro atoms. The van der Waals surface area contributed by atoms with Gasteiger partial charge in [0.2, 0.25) is 0 Å². The number of aromatic nitrogens is 1. The average Bonchev–Trinajstić information content (AvgIpc) is 2.69. The van der Waals surface area contributed by atoms with Crippen molar-refractivity contribution >= 4 is 11.7 Å². The van der Waals surface area contributed by atoms with Crippen LogP contribution < -0.4 is 15.5 Å². The van der Waals surface area contributed by atoms with E-state index in [0.717, 1.165) is 25.5 Å². The topological polar surface area (TPSA) is 66.5 Å². The third kappa shape index (κ3) is 4.35. The second-order valence-corrected chi connectivity index (χ2v) is 5.99. The molecule has 1 aliphatic rings. The van der Waals surface area contributed by atoms with Gasteiger partial charge in [-0.15, -0.1) is 0 Å². The molecular weight excluding hydrogens is 316 g/mol.